The van der Waals surface area contributed by atoms with Crippen LogP contribution in [0, 0.1) is 22.7 Å². The summed E-state index contributed by atoms with van der Waals surface area (Å²) < 4.78 is 0. The molecule has 1 saturated carbocycles. The predicted molar refractivity (Wildman–Crippen MR) is 94.5 cm³/mol. The molecule has 0 aromatic rings. The molecule has 0 radical (unpaired) electrons. The van der Waals surface area contributed by atoms with Crippen LogP contribution in [0.4, 0.5) is 0 Å². The summed E-state index contributed by atoms with van der Waals surface area (Å²) in [4.78, 5) is 10.7. The number of hydrogen-bond acceptors (Lipinski definition) is 1. The highest BCUT2D eigenvalue weighted by Crippen LogP contribution is 2.55. The summed E-state index contributed by atoms with van der Waals surface area (Å²) in [6.45, 7) is 17.5. The molecule has 0 amide bonds. The Bertz CT molecular complexity index is 309. The number of carbonyl (C=O) groups excluding carboxylic acids is 1. The van der Waals surface area contributed by atoms with E-state index in [0.717, 1.165) is 6.29 Å². The molecule has 124 valence electrons. The zero-order valence-electron chi connectivity index (χ0n) is 15.4. The lowest BCUT2D eigenvalue weighted by Crippen LogP contribution is -2.37. The molecule has 1 heteroatoms. The van der Waals surface area contributed by atoms with E-state index in [-0.39, 0.29) is 0 Å². The molecule has 0 N–H and O–H groups in total. The first-order valence-electron chi connectivity index (χ1n) is 8.97. The van der Waals surface area contributed by atoms with E-state index in [1.54, 1.807) is 0 Å². The van der Waals surface area contributed by atoms with E-state index in [9.17, 15) is 4.79 Å². The van der Waals surface area contributed by atoms with Crippen LogP contribution in [0.2, 0.25) is 0 Å². The van der Waals surface area contributed by atoms with Gasteiger partial charge in [0.1, 0.15) is 6.29 Å². The van der Waals surface area contributed by atoms with Crippen LogP contribution in [-0.4, -0.2) is 6.29 Å². The first-order valence-corrected chi connectivity index (χ1v) is 8.97. The van der Waals surface area contributed by atoms with E-state index in [4.69, 9.17) is 0 Å². The van der Waals surface area contributed by atoms with Crippen LogP contribution in [0.25, 0.3) is 0 Å². The molecule has 1 fully saturated rings. The molecular weight excluding hydrogens is 256 g/mol. The molecule has 0 heterocycles. The Morgan fingerprint density at radius 1 is 1.19 bits per heavy atom. The molecule has 1 nitrogen and oxygen atoms in total. The number of hydrogen-bond donors (Lipinski definition) is 0. The van der Waals surface area contributed by atoms with Crippen molar-refractivity contribution in [1.82, 2.24) is 0 Å². The highest BCUT2D eigenvalue weighted by molar-refractivity contribution is 5.49. The minimum absolute atomic E-state index is 0.363. The minimum atomic E-state index is 0.363. The SMILES string of the molecule is C=CC1CCC(C)(CC)C(C)(CC(C)CC=O)CC1.CC. The summed E-state index contributed by atoms with van der Waals surface area (Å²) >= 11 is 0. The molecule has 1 aliphatic rings. The maximum atomic E-state index is 10.7. The Morgan fingerprint density at radius 2 is 1.71 bits per heavy atom. The normalized spacial score (nSPS) is 34.1. The molecule has 0 bridgehead atoms. The second-order valence-corrected chi connectivity index (χ2v) is 7.26. The van der Waals surface area contributed by atoms with Crippen LogP contribution in [0.15, 0.2) is 12.7 Å². The van der Waals surface area contributed by atoms with Crippen molar-refractivity contribution in [2.75, 3.05) is 0 Å². The van der Waals surface area contributed by atoms with Crippen molar-refractivity contribution < 1.29 is 4.79 Å². The van der Waals surface area contributed by atoms with Crippen molar-refractivity contribution in [2.24, 2.45) is 22.7 Å². The van der Waals surface area contributed by atoms with E-state index in [1.165, 1.54) is 38.5 Å². The Morgan fingerprint density at radius 3 is 2.14 bits per heavy atom. The molecule has 4 unspecified atom stereocenters. The lowest BCUT2D eigenvalue weighted by Gasteiger charge is -2.47. The summed E-state index contributed by atoms with van der Waals surface area (Å²) in [5.74, 6) is 1.20. The van der Waals surface area contributed by atoms with Gasteiger partial charge >= 0.3 is 0 Å². The van der Waals surface area contributed by atoms with Crippen LogP contribution in [0.1, 0.15) is 86.5 Å². The molecule has 4 atom stereocenters. The van der Waals surface area contributed by atoms with Crippen LogP contribution >= 0.6 is 0 Å². The van der Waals surface area contributed by atoms with Crippen molar-refractivity contribution in [2.45, 2.75) is 86.5 Å². The maximum absolute atomic E-state index is 10.7. The number of aldehydes is 1. The Labute approximate surface area is 133 Å². The molecule has 0 aromatic heterocycles. The molecule has 1 aliphatic carbocycles. The summed E-state index contributed by atoms with van der Waals surface area (Å²) in [6.07, 6.45) is 11.5. The summed E-state index contributed by atoms with van der Waals surface area (Å²) in [6, 6.07) is 0. The van der Waals surface area contributed by atoms with E-state index >= 15 is 0 Å². The van der Waals surface area contributed by atoms with E-state index < -0.39 is 0 Å². The van der Waals surface area contributed by atoms with Crippen molar-refractivity contribution in [3.63, 3.8) is 0 Å². The molecule has 0 saturated heterocycles. The quantitative estimate of drug-likeness (QED) is 0.313. The Kier molecular flexibility index (Phi) is 9.17. The van der Waals surface area contributed by atoms with Gasteiger partial charge in [0.25, 0.3) is 0 Å². The monoisotopic (exact) mass is 294 g/mol. The first kappa shape index (κ1) is 20.4. The fraction of sp³-hybridized carbons (Fsp3) is 0.850. The van der Waals surface area contributed by atoms with E-state index in [0.29, 0.717) is 29.1 Å². The predicted octanol–water partition coefficient (Wildman–Crippen LogP) is 6.43. The lowest BCUT2D eigenvalue weighted by molar-refractivity contribution is -0.109. The second kappa shape index (κ2) is 9.43. The largest absolute Gasteiger partial charge is 0.303 e. The minimum Gasteiger partial charge on any atom is -0.303 e. The van der Waals surface area contributed by atoms with Crippen molar-refractivity contribution >= 4 is 6.29 Å². The Balaban J connectivity index is 0.00000191. The zero-order valence-corrected chi connectivity index (χ0v) is 15.4. The van der Waals surface area contributed by atoms with Gasteiger partial charge in [-0.1, -0.05) is 54.0 Å². The lowest BCUT2D eigenvalue weighted by atomic mass is 9.58. The van der Waals surface area contributed by atoms with Crippen LogP contribution in [0.5, 0.6) is 0 Å². The van der Waals surface area contributed by atoms with Gasteiger partial charge in [0.05, 0.1) is 0 Å². The van der Waals surface area contributed by atoms with Gasteiger partial charge in [0.15, 0.2) is 0 Å². The smallest absolute Gasteiger partial charge is 0.120 e. The highest BCUT2D eigenvalue weighted by atomic mass is 16.1. The van der Waals surface area contributed by atoms with Crippen LogP contribution in [0.3, 0.4) is 0 Å². The second-order valence-electron chi connectivity index (χ2n) is 7.26. The highest BCUT2D eigenvalue weighted by Gasteiger charge is 2.45. The molecule has 0 aromatic carbocycles. The average Bonchev–Trinajstić information content (AvgIpc) is 2.60. The van der Waals surface area contributed by atoms with Crippen molar-refractivity contribution in [3.05, 3.63) is 12.7 Å². The topological polar surface area (TPSA) is 17.1 Å². The van der Waals surface area contributed by atoms with E-state index in [1.807, 2.05) is 13.8 Å². The van der Waals surface area contributed by atoms with Gasteiger partial charge in [0.2, 0.25) is 0 Å². The van der Waals surface area contributed by atoms with Crippen molar-refractivity contribution in [1.29, 1.82) is 0 Å². The number of allylic oxidation sites excluding steroid dienone is 1. The van der Waals surface area contributed by atoms with Gasteiger partial charge in [0, 0.05) is 6.42 Å². The first-order chi connectivity index (χ1) is 9.90. The summed E-state index contributed by atoms with van der Waals surface area (Å²) in [7, 11) is 0. The molecule has 1 rings (SSSR count). The standard InChI is InChI=1S/C18H32O.C2H6/c1-6-16-8-11-17(4,7-2)18(5,12-9-16)14-15(3)10-13-19;1-2/h6,13,15-16H,1,7-12,14H2,2-5H3;1-2H3. The Hall–Kier alpha value is -0.590. The third-order valence-corrected chi connectivity index (χ3v) is 6.00. The molecular formula is C20H38O. The summed E-state index contributed by atoms with van der Waals surface area (Å²) in [5, 5.41) is 0. The zero-order chi connectivity index (χ0) is 16.5. The fourth-order valence-corrected chi connectivity index (χ4v) is 3.96. The van der Waals surface area contributed by atoms with Gasteiger partial charge in [-0.25, -0.2) is 0 Å². The molecule has 0 spiro atoms. The third-order valence-electron chi connectivity index (χ3n) is 6.00. The maximum Gasteiger partial charge on any atom is 0.120 e. The van der Waals surface area contributed by atoms with Crippen molar-refractivity contribution in [3.8, 4) is 0 Å². The van der Waals surface area contributed by atoms with Gasteiger partial charge < -0.3 is 4.79 Å². The summed E-state index contributed by atoms with van der Waals surface area (Å²) in [5.41, 5.74) is 0.768. The number of rotatable bonds is 6. The van der Waals surface area contributed by atoms with Crippen LogP contribution in [-0.2, 0) is 4.79 Å². The molecule has 0 aliphatic heterocycles. The van der Waals surface area contributed by atoms with Crippen LogP contribution < -0.4 is 0 Å². The fourth-order valence-electron chi connectivity index (χ4n) is 3.96. The van der Waals surface area contributed by atoms with Gasteiger partial charge in [-0.2, -0.15) is 0 Å². The average molecular weight is 295 g/mol. The molecule has 21 heavy (non-hydrogen) atoms. The number of carbonyl (C=O) groups is 1. The van der Waals surface area contributed by atoms with E-state index in [2.05, 4.69) is 40.3 Å². The van der Waals surface area contributed by atoms with Gasteiger partial charge in [-0.05, 0) is 54.8 Å². The van der Waals surface area contributed by atoms with Gasteiger partial charge in [-0.3, -0.25) is 0 Å². The van der Waals surface area contributed by atoms with Gasteiger partial charge in [-0.15, -0.1) is 6.58 Å². The third kappa shape index (κ3) is 5.27.